The first-order valence-corrected chi connectivity index (χ1v) is 6.13. The molecule has 1 heterocycles. The number of rotatable bonds is 4. The Morgan fingerprint density at radius 1 is 1.56 bits per heavy atom. The minimum Gasteiger partial charge on any atom is -0.391 e. The zero-order valence-corrected chi connectivity index (χ0v) is 9.89. The lowest BCUT2D eigenvalue weighted by Gasteiger charge is -2.10. The van der Waals surface area contributed by atoms with Crippen molar-refractivity contribution in [3.05, 3.63) is 30.0 Å². The van der Waals surface area contributed by atoms with Gasteiger partial charge in [0.1, 0.15) is 0 Å². The first kappa shape index (κ1) is 11.2. The van der Waals surface area contributed by atoms with Gasteiger partial charge in [0.25, 0.3) is 5.91 Å². The van der Waals surface area contributed by atoms with Crippen LogP contribution in [0.25, 0.3) is 10.9 Å². The molecule has 1 saturated carbocycles. The average Bonchev–Trinajstić information content (AvgIpc) is 3.13. The monoisotopic (exact) mass is 245 g/mol. The quantitative estimate of drug-likeness (QED) is 0.753. The molecule has 1 aliphatic carbocycles. The highest BCUT2D eigenvalue weighted by molar-refractivity contribution is 5.97. The molecule has 18 heavy (non-hydrogen) atoms. The predicted molar refractivity (Wildman–Crippen MR) is 67.2 cm³/mol. The summed E-state index contributed by atoms with van der Waals surface area (Å²) in [6.07, 6.45) is 3.41. The summed E-state index contributed by atoms with van der Waals surface area (Å²) in [5, 5.41) is 20.1. The fourth-order valence-corrected chi connectivity index (χ4v) is 2.03. The van der Waals surface area contributed by atoms with Crippen LogP contribution >= 0.6 is 0 Å². The van der Waals surface area contributed by atoms with Crippen molar-refractivity contribution in [2.45, 2.75) is 18.9 Å². The summed E-state index contributed by atoms with van der Waals surface area (Å²) in [6.45, 7) is 0.326. The maximum atomic E-state index is 11.9. The van der Waals surface area contributed by atoms with Gasteiger partial charge in [-0.05, 0) is 37.0 Å². The topological polar surface area (TPSA) is 78.0 Å². The molecule has 0 spiro atoms. The van der Waals surface area contributed by atoms with Crippen LogP contribution in [-0.4, -0.2) is 33.9 Å². The smallest absolute Gasteiger partial charge is 0.251 e. The number of aliphatic hydroxyl groups excluding tert-OH is 1. The number of nitrogens with zero attached hydrogens (tertiary/aromatic N) is 1. The van der Waals surface area contributed by atoms with Gasteiger partial charge >= 0.3 is 0 Å². The Morgan fingerprint density at radius 3 is 3.17 bits per heavy atom. The number of carbonyl (C=O) groups excluding carboxylic acids is 1. The highest BCUT2D eigenvalue weighted by atomic mass is 16.3. The van der Waals surface area contributed by atoms with Crippen molar-refractivity contribution in [1.29, 1.82) is 0 Å². The van der Waals surface area contributed by atoms with E-state index in [9.17, 15) is 9.90 Å². The minimum absolute atomic E-state index is 0.155. The van der Waals surface area contributed by atoms with Gasteiger partial charge in [0, 0.05) is 17.5 Å². The van der Waals surface area contributed by atoms with Gasteiger partial charge in [0.15, 0.2) is 0 Å². The van der Waals surface area contributed by atoms with Crippen molar-refractivity contribution in [2.75, 3.05) is 6.54 Å². The van der Waals surface area contributed by atoms with Crippen molar-refractivity contribution in [3.8, 4) is 0 Å². The fourth-order valence-electron chi connectivity index (χ4n) is 2.03. The maximum Gasteiger partial charge on any atom is 0.251 e. The number of nitrogens with one attached hydrogen (secondary N) is 2. The molecule has 94 valence electrons. The maximum absolute atomic E-state index is 11.9. The van der Waals surface area contributed by atoms with Crippen molar-refractivity contribution < 1.29 is 9.90 Å². The van der Waals surface area contributed by atoms with E-state index in [0.717, 1.165) is 23.7 Å². The molecule has 5 heteroatoms. The summed E-state index contributed by atoms with van der Waals surface area (Å²) in [5.41, 5.74) is 1.50. The van der Waals surface area contributed by atoms with Crippen LogP contribution in [0.2, 0.25) is 0 Å². The summed E-state index contributed by atoms with van der Waals surface area (Å²) >= 11 is 0. The summed E-state index contributed by atoms with van der Waals surface area (Å²) in [7, 11) is 0. The number of benzene rings is 1. The van der Waals surface area contributed by atoms with Crippen molar-refractivity contribution in [1.82, 2.24) is 15.5 Å². The number of H-pyrrole nitrogens is 1. The fraction of sp³-hybridized carbons (Fsp3) is 0.385. The van der Waals surface area contributed by atoms with Crippen LogP contribution in [0.5, 0.6) is 0 Å². The van der Waals surface area contributed by atoms with Gasteiger partial charge < -0.3 is 10.4 Å². The van der Waals surface area contributed by atoms with E-state index in [1.165, 1.54) is 0 Å². The van der Waals surface area contributed by atoms with E-state index in [4.69, 9.17) is 0 Å². The first-order chi connectivity index (χ1) is 8.74. The van der Waals surface area contributed by atoms with E-state index < -0.39 is 6.10 Å². The Kier molecular flexibility index (Phi) is 2.76. The zero-order chi connectivity index (χ0) is 12.5. The van der Waals surface area contributed by atoms with Gasteiger partial charge in [-0.15, -0.1) is 0 Å². The Labute approximate surface area is 104 Å². The molecule has 3 rings (SSSR count). The molecule has 0 saturated heterocycles. The normalized spacial score (nSPS) is 16.7. The minimum atomic E-state index is -0.411. The number of hydrogen-bond acceptors (Lipinski definition) is 3. The number of hydrogen-bond donors (Lipinski definition) is 3. The van der Waals surface area contributed by atoms with Crippen molar-refractivity contribution >= 4 is 16.8 Å². The summed E-state index contributed by atoms with van der Waals surface area (Å²) in [5.74, 6) is 0.222. The summed E-state index contributed by atoms with van der Waals surface area (Å²) in [6, 6.07) is 5.37. The molecule has 0 radical (unpaired) electrons. The van der Waals surface area contributed by atoms with E-state index in [-0.39, 0.29) is 5.91 Å². The molecule has 1 unspecified atom stereocenters. The van der Waals surface area contributed by atoms with Crippen LogP contribution < -0.4 is 5.32 Å². The van der Waals surface area contributed by atoms with Gasteiger partial charge in [0.05, 0.1) is 17.8 Å². The summed E-state index contributed by atoms with van der Waals surface area (Å²) in [4.78, 5) is 11.9. The molecule has 0 bridgehead atoms. The van der Waals surface area contributed by atoms with Crippen LogP contribution in [-0.2, 0) is 0 Å². The van der Waals surface area contributed by atoms with Gasteiger partial charge in [-0.3, -0.25) is 9.89 Å². The lowest BCUT2D eigenvalue weighted by atomic mass is 10.1. The first-order valence-electron chi connectivity index (χ1n) is 6.13. The van der Waals surface area contributed by atoms with Crippen LogP contribution in [0, 0.1) is 5.92 Å². The zero-order valence-electron chi connectivity index (χ0n) is 9.89. The van der Waals surface area contributed by atoms with Crippen LogP contribution in [0.3, 0.4) is 0 Å². The second-order valence-corrected chi connectivity index (χ2v) is 4.79. The third kappa shape index (κ3) is 2.22. The highest BCUT2D eigenvalue weighted by Gasteiger charge is 2.29. The molecule has 1 aromatic carbocycles. The lowest BCUT2D eigenvalue weighted by Crippen LogP contribution is -2.33. The summed E-state index contributed by atoms with van der Waals surface area (Å²) < 4.78 is 0. The van der Waals surface area contributed by atoms with E-state index in [1.54, 1.807) is 18.3 Å². The Hall–Kier alpha value is -1.88. The molecule has 0 aliphatic heterocycles. The van der Waals surface area contributed by atoms with Crippen molar-refractivity contribution in [2.24, 2.45) is 5.92 Å². The molecular formula is C13H15N3O2. The van der Waals surface area contributed by atoms with Crippen molar-refractivity contribution in [3.63, 3.8) is 0 Å². The number of aromatic amines is 1. The van der Waals surface area contributed by atoms with Crippen LogP contribution in [0.4, 0.5) is 0 Å². The molecule has 1 aromatic heterocycles. The predicted octanol–water partition coefficient (Wildman–Crippen LogP) is 1.06. The number of carbonyl (C=O) groups is 1. The SMILES string of the molecule is O=C(NCC(O)C1CC1)c1ccc2[nH]ncc2c1. The second kappa shape index (κ2) is 4.42. The van der Waals surface area contributed by atoms with E-state index in [1.807, 2.05) is 6.07 Å². The Morgan fingerprint density at radius 2 is 2.39 bits per heavy atom. The number of aliphatic hydroxyl groups is 1. The van der Waals surface area contributed by atoms with Gasteiger partial charge in [0.2, 0.25) is 0 Å². The van der Waals surface area contributed by atoms with E-state index in [2.05, 4.69) is 15.5 Å². The molecule has 1 fully saturated rings. The average molecular weight is 245 g/mol. The Bertz CT molecular complexity index is 574. The Balaban J connectivity index is 1.66. The van der Waals surface area contributed by atoms with Crippen LogP contribution in [0.1, 0.15) is 23.2 Å². The van der Waals surface area contributed by atoms with Crippen LogP contribution in [0.15, 0.2) is 24.4 Å². The molecule has 3 N–H and O–H groups in total. The highest BCUT2D eigenvalue weighted by Crippen LogP contribution is 2.32. The number of aromatic nitrogens is 2. The number of fused-ring (bicyclic) bond motifs is 1. The van der Waals surface area contributed by atoms with E-state index >= 15 is 0 Å². The molecular weight excluding hydrogens is 230 g/mol. The molecule has 2 aromatic rings. The van der Waals surface area contributed by atoms with Gasteiger partial charge in [-0.2, -0.15) is 5.10 Å². The molecule has 1 atom stereocenters. The third-order valence-electron chi connectivity index (χ3n) is 3.34. The largest absolute Gasteiger partial charge is 0.391 e. The second-order valence-electron chi connectivity index (χ2n) is 4.79. The molecule has 1 amide bonds. The van der Waals surface area contributed by atoms with Gasteiger partial charge in [-0.25, -0.2) is 0 Å². The third-order valence-corrected chi connectivity index (χ3v) is 3.34. The molecule has 5 nitrogen and oxygen atoms in total. The lowest BCUT2D eigenvalue weighted by molar-refractivity contribution is 0.0901. The van der Waals surface area contributed by atoms with Gasteiger partial charge in [-0.1, -0.05) is 0 Å². The molecule has 1 aliphatic rings. The van der Waals surface area contributed by atoms with E-state index in [0.29, 0.717) is 18.0 Å². The standard InChI is InChI=1S/C13H15N3O2/c17-12(8-1-2-8)7-14-13(18)9-3-4-11-10(5-9)6-15-16-11/h3-6,8,12,17H,1-2,7H2,(H,14,18)(H,15,16). The number of amides is 1.